The number of nitrogens with zero attached hydrogens (tertiary/aromatic N) is 1. The summed E-state index contributed by atoms with van der Waals surface area (Å²) in [7, 11) is 1.47. The van der Waals surface area contributed by atoms with E-state index < -0.39 is 17.5 Å². The van der Waals surface area contributed by atoms with E-state index in [2.05, 4.69) is 4.98 Å². The molecule has 0 spiro atoms. The second kappa shape index (κ2) is 4.48. The Balaban J connectivity index is 2.46. The summed E-state index contributed by atoms with van der Waals surface area (Å²) < 4.78 is 14.3. The lowest BCUT2D eigenvalue weighted by molar-refractivity contribution is 0.0689. The van der Waals surface area contributed by atoms with E-state index in [1.807, 2.05) is 0 Å². The van der Waals surface area contributed by atoms with Gasteiger partial charge in [-0.3, -0.25) is 9.55 Å². The van der Waals surface area contributed by atoms with E-state index in [1.54, 1.807) is 6.07 Å². The summed E-state index contributed by atoms with van der Waals surface area (Å²) in [6, 6.07) is 5.82. The number of carboxylic acids is 1. The Morgan fingerprint density at radius 2 is 2.22 bits per heavy atom. The van der Waals surface area contributed by atoms with E-state index in [-0.39, 0.29) is 12.1 Å². The van der Waals surface area contributed by atoms with Gasteiger partial charge in [-0.2, -0.15) is 0 Å². The van der Waals surface area contributed by atoms with Gasteiger partial charge in [-0.05, 0) is 17.7 Å². The van der Waals surface area contributed by atoms with Crippen molar-refractivity contribution in [3.05, 3.63) is 57.5 Å². The fourth-order valence-electron chi connectivity index (χ4n) is 1.78. The molecule has 0 saturated carbocycles. The number of carboxylic acid groups (broad SMARTS) is 1. The number of halogens is 1. The summed E-state index contributed by atoms with van der Waals surface area (Å²) in [5.74, 6) is -1.61. The molecule has 1 aromatic carbocycles. The second-order valence-electron chi connectivity index (χ2n) is 3.92. The number of imidazole rings is 1. The van der Waals surface area contributed by atoms with Crippen LogP contribution in [0, 0.1) is 5.82 Å². The summed E-state index contributed by atoms with van der Waals surface area (Å²) in [6.45, 7) is 0. The van der Waals surface area contributed by atoms with Gasteiger partial charge in [0.25, 0.3) is 0 Å². The lowest BCUT2D eigenvalue weighted by Gasteiger charge is -2.04. The molecule has 0 amide bonds. The zero-order valence-electron chi connectivity index (χ0n) is 9.61. The summed E-state index contributed by atoms with van der Waals surface area (Å²) in [5.41, 5.74) is 0.260. The number of carbonyl (C=O) groups is 1. The number of nitrogens with one attached hydrogen (secondary N) is 1. The Kier molecular flexibility index (Phi) is 3.01. The van der Waals surface area contributed by atoms with Gasteiger partial charge < -0.3 is 5.11 Å². The lowest BCUT2D eigenvalue weighted by Crippen LogP contribution is -2.14. The van der Waals surface area contributed by atoms with Crippen molar-refractivity contribution in [1.29, 1.82) is 0 Å². The van der Waals surface area contributed by atoms with E-state index in [4.69, 9.17) is 5.11 Å². The maximum Gasteiger partial charge on any atom is 0.354 e. The van der Waals surface area contributed by atoms with E-state index in [9.17, 15) is 14.0 Å². The van der Waals surface area contributed by atoms with Crippen molar-refractivity contribution in [2.75, 3.05) is 0 Å². The van der Waals surface area contributed by atoms with E-state index >= 15 is 0 Å². The fourth-order valence-corrected chi connectivity index (χ4v) is 1.78. The maximum absolute atomic E-state index is 13.0. The highest BCUT2D eigenvalue weighted by Crippen LogP contribution is 2.12. The molecule has 0 aliphatic heterocycles. The number of H-pyrrole nitrogens is 1. The van der Waals surface area contributed by atoms with Crippen LogP contribution >= 0.6 is 0 Å². The first-order valence-corrected chi connectivity index (χ1v) is 5.24. The molecular weight excluding hydrogens is 239 g/mol. The van der Waals surface area contributed by atoms with E-state index in [0.717, 1.165) is 0 Å². The normalized spacial score (nSPS) is 10.6. The van der Waals surface area contributed by atoms with Crippen LogP contribution in [0.3, 0.4) is 0 Å². The first-order chi connectivity index (χ1) is 8.49. The Labute approximate surface area is 102 Å². The predicted octanol–water partition coefficient (Wildman–Crippen LogP) is 1.14. The molecule has 0 aliphatic carbocycles. The number of hydrogen-bond donors (Lipinski definition) is 2. The minimum Gasteiger partial charge on any atom is -0.477 e. The Morgan fingerprint density at radius 1 is 1.50 bits per heavy atom. The third-order valence-electron chi connectivity index (χ3n) is 2.70. The van der Waals surface area contributed by atoms with Crippen molar-refractivity contribution < 1.29 is 14.3 Å². The number of rotatable bonds is 3. The van der Waals surface area contributed by atoms with Crippen LogP contribution in [0.1, 0.15) is 21.7 Å². The van der Waals surface area contributed by atoms with Gasteiger partial charge in [-0.1, -0.05) is 12.1 Å². The van der Waals surface area contributed by atoms with Crippen molar-refractivity contribution in [2.24, 2.45) is 7.05 Å². The molecule has 2 N–H and O–H groups in total. The van der Waals surface area contributed by atoms with Gasteiger partial charge in [0, 0.05) is 13.5 Å². The molecule has 0 saturated heterocycles. The third kappa shape index (κ3) is 2.17. The van der Waals surface area contributed by atoms with E-state index in [1.165, 1.54) is 29.8 Å². The van der Waals surface area contributed by atoms with Crippen LogP contribution in [0.15, 0.2) is 29.1 Å². The minimum absolute atomic E-state index is 0.160. The molecule has 94 valence electrons. The quantitative estimate of drug-likeness (QED) is 0.857. The van der Waals surface area contributed by atoms with Gasteiger partial charge in [0.05, 0.1) is 5.69 Å². The molecule has 0 aliphatic rings. The molecule has 0 radical (unpaired) electrons. The van der Waals surface area contributed by atoms with Gasteiger partial charge in [-0.15, -0.1) is 0 Å². The monoisotopic (exact) mass is 250 g/mol. The van der Waals surface area contributed by atoms with Crippen LogP contribution in [0.5, 0.6) is 0 Å². The summed E-state index contributed by atoms with van der Waals surface area (Å²) >= 11 is 0. The van der Waals surface area contributed by atoms with Crippen LogP contribution in [0.25, 0.3) is 0 Å². The highest BCUT2D eigenvalue weighted by Gasteiger charge is 2.17. The Morgan fingerprint density at radius 3 is 2.83 bits per heavy atom. The summed E-state index contributed by atoms with van der Waals surface area (Å²) in [5, 5.41) is 8.98. The average Bonchev–Trinajstić information content (AvgIpc) is 2.57. The number of aromatic nitrogens is 2. The largest absolute Gasteiger partial charge is 0.477 e. The number of aromatic amines is 1. The summed E-state index contributed by atoms with van der Waals surface area (Å²) in [4.78, 5) is 24.6. The van der Waals surface area contributed by atoms with Crippen molar-refractivity contribution in [3.8, 4) is 0 Å². The molecule has 0 fully saturated rings. The molecule has 2 rings (SSSR count). The van der Waals surface area contributed by atoms with Crippen LogP contribution in [-0.4, -0.2) is 20.6 Å². The summed E-state index contributed by atoms with van der Waals surface area (Å²) in [6.07, 6.45) is 0.175. The lowest BCUT2D eigenvalue weighted by atomic mass is 10.1. The van der Waals surface area contributed by atoms with Crippen molar-refractivity contribution >= 4 is 5.97 Å². The molecule has 0 unspecified atom stereocenters. The SMILES string of the molecule is Cn1c(Cc2cccc(F)c2)c(C(=O)O)[nH]c1=O. The van der Waals surface area contributed by atoms with Crippen LogP contribution < -0.4 is 5.69 Å². The zero-order valence-corrected chi connectivity index (χ0v) is 9.61. The first kappa shape index (κ1) is 12.1. The number of benzene rings is 1. The molecule has 0 atom stereocenters. The van der Waals surface area contributed by atoms with Crippen LogP contribution in [0.2, 0.25) is 0 Å². The fraction of sp³-hybridized carbons (Fsp3) is 0.167. The molecule has 2 aromatic rings. The molecule has 6 heteroatoms. The molecule has 1 aromatic heterocycles. The highest BCUT2D eigenvalue weighted by molar-refractivity contribution is 5.86. The van der Waals surface area contributed by atoms with Gasteiger partial charge >= 0.3 is 11.7 Å². The van der Waals surface area contributed by atoms with Gasteiger partial charge in [0.1, 0.15) is 11.5 Å². The molecule has 5 nitrogen and oxygen atoms in total. The molecule has 0 bridgehead atoms. The highest BCUT2D eigenvalue weighted by atomic mass is 19.1. The molecule has 1 heterocycles. The Bertz CT molecular complexity index is 658. The Hall–Kier alpha value is -2.37. The number of aromatic carboxylic acids is 1. The standard InChI is InChI=1S/C12H11FN2O3/c1-15-9(10(11(16)17)14-12(15)18)6-7-3-2-4-8(13)5-7/h2-5H,6H2,1H3,(H,14,18)(H,16,17). The van der Waals surface area contributed by atoms with Crippen molar-refractivity contribution in [2.45, 2.75) is 6.42 Å². The maximum atomic E-state index is 13.0. The smallest absolute Gasteiger partial charge is 0.354 e. The molecular formula is C12H11FN2O3. The second-order valence-corrected chi connectivity index (χ2v) is 3.92. The topological polar surface area (TPSA) is 75.1 Å². The van der Waals surface area contributed by atoms with Crippen molar-refractivity contribution in [1.82, 2.24) is 9.55 Å². The van der Waals surface area contributed by atoms with Gasteiger partial charge in [0.2, 0.25) is 0 Å². The zero-order chi connectivity index (χ0) is 13.3. The number of hydrogen-bond acceptors (Lipinski definition) is 2. The van der Waals surface area contributed by atoms with Crippen molar-refractivity contribution in [3.63, 3.8) is 0 Å². The first-order valence-electron chi connectivity index (χ1n) is 5.24. The predicted molar refractivity (Wildman–Crippen MR) is 62.2 cm³/mol. The molecule has 18 heavy (non-hydrogen) atoms. The van der Waals surface area contributed by atoms with Gasteiger partial charge in [-0.25, -0.2) is 14.0 Å². The van der Waals surface area contributed by atoms with Crippen LogP contribution in [-0.2, 0) is 13.5 Å². The average molecular weight is 250 g/mol. The van der Waals surface area contributed by atoms with E-state index in [0.29, 0.717) is 11.3 Å². The third-order valence-corrected chi connectivity index (χ3v) is 2.70. The minimum atomic E-state index is -1.21. The van der Waals surface area contributed by atoms with Crippen LogP contribution in [0.4, 0.5) is 4.39 Å². The van der Waals surface area contributed by atoms with Gasteiger partial charge in [0.15, 0.2) is 0 Å².